The Morgan fingerprint density at radius 3 is 2.64 bits per heavy atom. The monoisotopic (exact) mass is 191 g/mol. The van der Waals surface area contributed by atoms with E-state index in [1.165, 1.54) is 17.2 Å². The molecule has 0 bridgehead atoms. The highest BCUT2D eigenvalue weighted by atomic mass is 32.2. The molecular formula is C6H9NO2S2. The minimum Gasteiger partial charge on any atom is -0.244 e. The van der Waals surface area contributed by atoms with Gasteiger partial charge in [-0.05, 0) is 13.2 Å². The smallest absolute Gasteiger partial charge is 0.215 e. The van der Waals surface area contributed by atoms with E-state index in [4.69, 9.17) is 0 Å². The highest BCUT2D eigenvalue weighted by Crippen LogP contribution is 2.15. The second-order valence-electron chi connectivity index (χ2n) is 2.24. The summed E-state index contributed by atoms with van der Waals surface area (Å²) in [5.41, 5.74) is 0.578. The van der Waals surface area contributed by atoms with Crippen molar-refractivity contribution in [3.05, 3.63) is 11.1 Å². The first-order valence-corrected chi connectivity index (χ1v) is 6.00. The maximum Gasteiger partial charge on any atom is 0.215 e. The van der Waals surface area contributed by atoms with Gasteiger partial charge in [0.2, 0.25) is 9.84 Å². The van der Waals surface area contributed by atoms with Crippen molar-refractivity contribution < 1.29 is 8.42 Å². The van der Waals surface area contributed by atoms with Gasteiger partial charge < -0.3 is 0 Å². The van der Waals surface area contributed by atoms with Crippen molar-refractivity contribution >= 4 is 26.6 Å². The van der Waals surface area contributed by atoms with E-state index < -0.39 is 9.84 Å². The van der Waals surface area contributed by atoms with Crippen LogP contribution in [0.25, 0.3) is 0 Å². The van der Waals surface area contributed by atoms with Crippen molar-refractivity contribution in [2.75, 3.05) is 12.0 Å². The molecule has 0 aliphatic carbocycles. The summed E-state index contributed by atoms with van der Waals surface area (Å²) in [7, 11) is -3.13. The molecule has 0 saturated heterocycles. The summed E-state index contributed by atoms with van der Waals surface area (Å²) in [6.07, 6.45) is 1.85. The molecule has 0 amide bonds. The van der Waals surface area contributed by atoms with Crippen LogP contribution in [-0.2, 0) is 9.84 Å². The Kier molecular flexibility index (Phi) is 2.39. The summed E-state index contributed by atoms with van der Waals surface area (Å²) in [6.45, 7) is 1.69. The number of nitrogens with zero attached hydrogens (tertiary/aromatic N) is 1. The SMILES string of the molecule is CSCC1=NC(C)=CS1(=O)=O. The van der Waals surface area contributed by atoms with E-state index in [-0.39, 0.29) is 5.04 Å². The van der Waals surface area contributed by atoms with Crippen LogP contribution in [-0.4, -0.2) is 25.5 Å². The van der Waals surface area contributed by atoms with Crippen molar-refractivity contribution in [2.24, 2.45) is 4.99 Å². The van der Waals surface area contributed by atoms with Crippen LogP contribution in [0.15, 0.2) is 16.1 Å². The van der Waals surface area contributed by atoms with Gasteiger partial charge in [0.15, 0.2) is 0 Å². The molecule has 0 saturated carbocycles. The predicted octanol–water partition coefficient (Wildman–Crippen LogP) is 1.04. The standard InChI is InChI=1S/C6H9NO2S2/c1-5-4-11(8,9)6(7-5)3-10-2/h4H,3H2,1-2H3. The predicted molar refractivity (Wildman–Crippen MR) is 48.5 cm³/mol. The first-order chi connectivity index (χ1) is 5.06. The van der Waals surface area contributed by atoms with Crippen LogP contribution in [0.2, 0.25) is 0 Å². The molecule has 1 rings (SSSR count). The molecule has 1 aliphatic heterocycles. The molecule has 0 atom stereocenters. The minimum absolute atomic E-state index is 0.280. The Morgan fingerprint density at radius 2 is 2.27 bits per heavy atom. The fourth-order valence-electron chi connectivity index (χ4n) is 0.817. The Morgan fingerprint density at radius 1 is 1.64 bits per heavy atom. The normalized spacial score (nSPS) is 21.3. The van der Waals surface area contributed by atoms with Crippen LogP contribution in [0.1, 0.15) is 6.92 Å². The van der Waals surface area contributed by atoms with Gasteiger partial charge in [-0.15, -0.1) is 0 Å². The third kappa shape index (κ3) is 1.84. The molecule has 0 N–H and O–H groups in total. The number of hydrogen-bond acceptors (Lipinski definition) is 4. The first kappa shape index (κ1) is 8.80. The van der Waals surface area contributed by atoms with E-state index in [9.17, 15) is 8.42 Å². The van der Waals surface area contributed by atoms with E-state index in [2.05, 4.69) is 4.99 Å². The minimum atomic E-state index is -3.13. The van der Waals surface area contributed by atoms with E-state index in [1.807, 2.05) is 6.26 Å². The fourth-order valence-corrected chi connectivity index (χ4v) is 3.05. The number of rotatable bonds is 2. The van der Waals surface area contributed by atoms with E-state index in [1.54, 1.807) is 6.92 Å². The molecule has 0 fully saturated rings. The Balaban J connectivity index is 2.95. The number of sulfone groups is 1. The van der Waals surface area contributed by atoms with Crippen LogP contribution in [0.4, 0.5) is 0 Å². The third-order valence-electron chi connectivity index (χ3n) is 1.22. The quantitative estimate of drug-likeness (QED) is 0.655. The largest absolute Gasteiger partial charge is 0.244 e. The van der Waals surface area contributed by atoms with Crippen molar-refractivity contribution in [2.45, 2.75) is 6.92 Å². The lowest BCUT2D eigenvalue weighted by molar-refractivity contribution is 0.615. The maximum absolute atomic E-state index is 11.1. The van der Waals surface area contributed by atoms with Gasteiger partial charge in [-0.2, -0.15) is 11.8 Å². The molecule has 0 spiro atoms. The zero-order valence-electron chi connectivity index (χ0n) is 6.36. The number of hydrogen-bond donors (Lipinski definition) is 0. The van der Waals surface area contributed by atoms with Gasteiger partial charge in [0.1, 0.15) is 5.04 Å². The van der Waals surface area contributed by atoms with Crippen molar-refractivity contribution in [3.63, 3.8) is 0 Å². The average Bonchev–Trinajstić information content (AvgIpc) is 2.07. The molecular weight excluding hydrogens is 182 g/mol. The van der Waals surface area contributed by atoms with Gasteiger partial charge in [0.25, 0.3) is 0 Å². The van der Waals surface area contributed by atoms with Gasteiger partial charge in [0.05, 0.1) is 11.1 Å². The van der Waals surface area contributed by atoms with Gasteiger partial charge in [-0.1, -0.05) is 0 Å². The zero-order chi connectivity index (χ0) is 8.48. The van der Waals surface area contributed by atoms with Crippen LogP contribution in [0.3, 0.4) is 0 Å². The Hall–Kier alpha value is -0.290. The molecule has 0 unspecified atom stereocenters. The van der Waals surface area contributed by atoms with Gasteiger partial charge in [-0.3, -0.25) is 0 Å². The lowest BCUT2D eigenvalue weighted by Gasteiger charge is -1.94. The molecule has 1 heterocycles. The lowest BCUT2D eigenvalue weighted by Crippen LogP contribution is -2.10. The highest BCUT2D eigenvalue weighted by Gasteiger charge is 2.21. The molecule has 0 radical (unpaired) electrons. The molecule has 5 heteroatoms. The number of aliphatic imine (C=N–C) groups is 1. The molecule has 1 aliphatic rings. The van der Waals surface area contributed by atoms with E-state index >= 15 is 0 Å². The summed E-state index contributed by atoms with van der Waals surface area (Å²) in [6, 6.07) is 0. The van der Waals surface area contributed by atoms with Crippen LogP contribution in [0.5, 0.6) is 0 Å². The van der Waals surface area contributed by atoms with Crippen molar-refractivity contribution in [3.8, 4) is 0 Å². The average molecular weight is 191 g/mol. The Bertz CT molecular complexity index is 313. The topological polar surface area (TPSA) is 46.5 Å². The molecule has 0 aromatic carbocycles. The second-order valence-corrected chi connectivity index (χ2v) is 4.91. The number of allylic oxidation sites excluding steroid dienone is 1. The third-order valence-corrected chi connectivity index (χ3v) is 3.51. The summed E-state index contributed by atoms with van der Waals surface area (Å²) >= 11 is 1.46. The maximum atomic E-state index is 11.1. The second kappa shape index (κ2) is 2.98. The molecule has 0 aromatic heterocycles. The highest BCUT2D eigenvalue weighted by molar-refractivity contribution is 8.12. The van der Waals surface area contributed by atoms with E-state index in [0.717, 1.165) is 0 Å². The summed E-state index contributed by atoms with van der Waals surface area (Å²) in [4.78, 5) is 3.90. The van der Waals surface area contributed by atoms with Gasteiger partial charge >= 0.3 is 0 Å². The van der Waals surface area contributed by atoms with Crippen molar-refractivity contribution in [1.29, 1.82) is 0 Å². The molecule has 0 aromatic rings. The zero-order valence-corrected chi connectivity index (χ0v) is 8.00. The lowest BCUT2D eigenvalue weighted by atomic mass is 10.6. The Labute approximate surface area is 70.5 Å². The summed E-state index contributed by atoms with van der Waals surface area (Å²) < 4.78 is 22.3. The molecule has 3 nitrogen and oxygen atoms in total. The van der Waals surface area contributed by atoms with Crippen LogP contribution in [0, 0.1) is 0 Å². The van der Waals surface area contributed by atoms with Crippen LogP contribution < -0.4 is 0 Å². The van der Waals surface area contributed by atoms with Gasteiger partial charge in [-0.25, -0.2) is 13.4 Å². The summed E-state index contributed by atoms with van der Waals surface area (Å²) in [5.74, 6) is 0.468. The molecule has 11 heavy (non-hydrogen) atoms. The van der Waals surface area contributed by atoms with Crippen molar-refractivity contribution in [1.82, 2.24) is 0 Å². The first-order valence-electron chi connectivity index (χ1n) is 3.06. The fraction of sp³-hybridized carbons (Fsp3) is 0.500. The van der Waals surface area contributed by atoms with Gasteiger partial charge in [0, 0.05) is 5.75 Å². The van der Waals surface area contributed by atoms with Crippen LogP contribution >= 0.6 is 11.8 Å². The molecule has 62 valence electrons. The van der Waals surface area contributed by atoms with E-state index in [0.29, 0.717) is 11.4 Å². The number of thioether (sulfide) groups is 1. The summed E-state index contributed by atoms with van der Waals surface area (Å²) in [5, 5.41) is 1.49.